The van der Waals surface area contributed by atoms with Crippen molar-refractivity contribution in [3.63, 3.8) is 0 Å². The Morgan fingerprint density at radius 3 is 1.67 bits per heavy atom. The standard InChI is InChI=1S/C3H8N2O.C2H4O/c1-2-3(4,5)6-2;1-2-3-1/h2H,4-5H2,1H3;1-2H2. The third-order valence-corrected chi connectivity index (χ3v) is 1.16. The van der Waals surface area contributed by atoms with Gasteiger partial charge in [0.1, 0.15) is 6.10 Å². The van der Waals surface area contributed by atoms with E-state index < -0.39 is 5.85 Å². The van der Waals surface area contributed by atoms with Crippen molar-refractivity contribution in [1.29, 1.82) is 0 Å². The van der Waals surface area contributed by atoms with E-state index in [2.05, 4.69) is 9.47 Å². The fourth-order valence-electron chi connectivity index (χ4n) is 0.272. The monoisotopic (exact) mass is 132 g/mol. The predicted molar refractivity (Wildman–Crippen MR) is 32.5 cm³/mol. The molecule has 0 bridgehead atoms. The molecule has 2 heterocycles. The molecule has 2 aliphatic rings. The fraction of sp³-hybridized carbons (Fsp3) is 1.00. The van der Waals surface area contributed by atoms with E-state index in [-0.39, 0.29) is 6.10 Å². The van der Waals surface area contributed by atoms with Crippen molar-refractivity contribution in [3.8, 4) is 0 Å². The van der Waals surface area contributed by atoms with Gasteiger partial charge in [-0.3, -0.25) is 11.5 Å². The molecule has 2 rings (SSSR count). The third-order valence-electron chi connectivity index (χ3n) is 1.16. The summed E-state index contributed by atoms with van der Waals surface area (Å²) in [7, 11) is 0. The average molecular weight is 132 g/mol. The van der Waals surface area contributed by atoms with Crippen LogP contribution in [-0.2, 0) is 9.47 Å². The molecule has 54 valence electrons. The highest BCUT2D eigenvalue weighted by Gasteiger charge is 2.46. The van der Waals surface area contributed by atoms with Gasteiger partial charge in [0.15, 0.2) is 5.85 Å². The molecule has 4 N–H and O–H groups in total. The highest BCUT2D eigenvalue weighted by atomic mass is 16.6. The van der Waals surface area contributed by atoms with Crippen molar-refractivity contribution in [2.24, 2.45) is 11.5 Å². The topological polar surface area (TPSA) is 77.1 Å². The first-order valence-electron chi connectivity index (χ1n) is 2.96. The van der Waals surface area contributed by atoms with Crippen LogP contribution in [0.3, 0.4) is 0 Å². The van der Waals surface area contributed by atoms with Gasteiger partial charge >= 0.3 is 0 Å². The zero-order valence-electron chi connectivity index (χ0n) is 5.46. The minimum atomic E-state index is -0.792. The molecule has 2 aliphatic heterocycles. The Hall–Kier alpha value is -0.160. The lowest BCUT2D eigenvalue weighted by atomic mass is 10.4. The maximum absolute atomic E-state index is 5.16. The molecular weight excluding hydrogens is 120 g/mol. The molecule has 1 unspecified atom stereocenters. The van der Waals surface area contributed by atoms with Crippen LogP contribution in [0.1, 0.15) is 6.92 Å². The summed E-state index contributed by atoms with van der Waals surface area (Å²) in [5.41, 5.74) is 10.3. The Morgan fingerprint density at radius 1 is 1.44 bits per heavy atom. The Morgan fingerprint density at radius 2 is 1.67 bits per heavy atom. The van der Waals surface area contributed by atoms with Crippen molar-refractivity contribution < 1.29 is 9.47 Å². The van der Waals surface area contributed by atoms with Gasteiger partial charge in [0.05, 0.1) is 13.2 Å². The predicted octanol–water partition coefficient (Wildman–Crippen LogP) is -1.01. The molecule has 2 fully saturated rings. The maximum Gasteiger partial charge on any atom is 0.197 e. The summed E-state index contributed by atoms with van der Waals surface area (Å²) in [4.78, 5) is 0. The van der Waals surface area contributed by atoms with Crippen LogP contribution >= 0.6 is 0 Å². The van der Waals surface area contributed by atoms with Crippen LogP contribution in [0.2, 0.25) is 0 Å². The summed E-state index contributed by atoms with van der Waals surface area (Å²) < 4.78 is 9.16. The Balaban J connectivity index is 0.000000112. The Bertz CT molecular complexity index is 100. The van der Waals surface area contributed by atoms with Crippen molar-refractivity contribution in [2.45, 2.75) is 18.9 Å². The molecule has 0 spiro atoms. The number of ether oxygens (including phenoxy) is 2. The van der Waals surface area contributed by atoms with Gasteiger partial charge in [0.25, 0.3) is 0 Å². The zero-order chi connectivity index (χ0) is 6.91. The zero-order valence-corrected chi connectivity index (χ0v) is 5.46. The average Bonchev–Trinajstić information content (AvgIpc) is 2.47. The molecule has 0 aromatic rings. The van der Waals surface area contributed by atoms with E-state index >= 15 is 0 Å². The number of hydrogen-bond acceptors (Lipinski definition) is 4. The van der Waals surface area contributed by atoms with E-state index in [0.29, 0.717) is 0 Å². The summed E-state index contributed by atoms with van der Waals surface area (Å²) in [6.45, 7) is 3.83. The molecule has 0 aromatic heterocycles. The summed E-state index contributed by atoms with van der Waals surface area (Å²) in [6, 6.07) is 0. The fourth-order valence-corrected chi connectivity index (χ4v) is 0.272. The second kappa shape index (κ2) is 2.22. The molecule has 0 amide bonds. The first kappa shape index (κ1) is 6.95. The van der Waals surface area contributed by atoms with Gasteiger partial charge in [0.2, 0.25) is 0 Å². The molecule has 0 aromatic carbocycles. The molecule has 4 nitrogen and oxygen atoms in total. The van der Waals surface area contributed by atoms with Gasteiger partial charge in [0, 0.05) is 0 Å². The van der Waals surface area contributed by atoms with Gasteiger partial charge in [-0.1, -0.05) is 0 Å². The van der Waals surface area contributed by atoms with Crippen LogP contribution in [0.4, 0.5) is 0 Å². The van der Waals surface area contributed by atoms with Crippen molar-refractivity contribution in [1.82, 2.24) is 0 Å². The highest BCUT2D eigenvalue weighted by molar-refractivity contribution is 4.87. The van der Waals surface area contributed by atoms with E-state index in [9.17, 15) is 0 Å². The molecule has 0 aliphatic carbocycles. The van der Waals surface area contributed by atoms with Gasteiger partial charge in [-0.2, -0.15) is 0 Å². The van der Waals surface area contributed by atoms with E-state index in [0.717, 1.165) is 13.2 Å². The van der Waals surface area contributed by atoms with Crippen molar-refractivity contribution in [3.05, 3.63) is 0 Å². The molecular formula is C5H12N2O2. The van der Waals surface area contributed by atoms with Gasteiger partial charge < -0.3 is 9.47 Å². The molecule has 0 radical (unpaired) electrons. The Kier molecular flexibility index (Phi) is 1.72. The molecule has 0 saturated carbocycles. The van der Waals surface area contributed by atoms with Crippen LogP contribution in [0.25, 0.3) is 0 Å². The van der Waals surface area contributed by atoms with Gasteiger partial charge in [-0.15, -0.1) is 0 Å². The van der Waals surface area contributed by atoms with E-state index in [1.165, 1.54) is 0 Å². The summed E-state index contributed by atoms with van der Waals surface area (Å²) in [5, 5.41) is 0. The number of rotatable bonds is 0. The van der Waals surface area contributed by atoms with Crippen molar-refractivity contribution >= 4 is 0 Å². The van der Waals surface area contributed by atoms with Crippen LogP contribution < -0.4 is 11.5 Å². The lowest BCUT2D eigenvalue weighted by molar-refractivity contribution is 0.307. The second-order valence-electron chi connectivity index (χ2n) is 2.23. The quantitative estimate of drug-likeness (QED) is 0.327. The maximum atomic E-state index is 5.16. The van der Waals surface area contributed by atoms with Crippen LogP contribution in [0, 0.1) is 0 Å². The minimum absolute atomic E-state index is 0.0532. The molecule has 4 heteroatoms. The van der Waals surface area contributed by atoms with E-state index in [1.54, 1.807) is 0 Å². The summed E-state index contributed by atoms with van der Waals surface area (Å²) >= 11 is 0. The lowest BCUT2D eigenvalue weighted by Gasteiger charge is -1.87. The minimum Gasteiger partial charge on any atom is -0.377 e. The summed E-state index contributed by atoms with van der Waals surface area (Å²) in [5.74, 6) is -0.792. The van der Waals surface area contributed by atoms with E-state index in [4.69, 9.17) is 11.5 Å². The third kappa shape index (κ3) is 2.76. The van der Waals surface area contributed by atoms with E-state index in [1.807, 2.05) is 6.92 Å². The normalized spacial score (nSPS) is 34.3. The van der Waals surface area contributed by atoms with Crippen LogP contribution in [0.15, 0.2) is 0 Å². The lowest BCUT2D eigenvalue weighted by Crippen LogP contribution is -2.36. The second-order valence-corrected chi connectivity index (χ2v) is 2.23. The van der Waals surface area contributed by atoms with Gasteiger partial charge in [-0.05, 0) is 6.92 Å². The molecule has 1 atom stereocenters. The largest absolute Gasteiger partial charge is 0.377 e. The molecule has 2 saturated heterocycles. The SMILES string of the molecule is C1CO1.CC1OC1(N)N. The molecule has 9 heavy (non-hydrogen) atoms. The number of epoxide rings is 2. The Labute approximate surface area is 54.1 Å². The van der Waals surface area contributed by atoms with Crippen LogP contribution in [-0.4, -0.2) is 25.2 Å². The van der Waals surface area contributed by atoms with Crippen LogP contribution in [0.5, 0.6) is 0 Å². The van der Waals surface area contributed by atoms with Gasteiger partial charge in [-0.25, -0.2) is 0 Å². The number of hydrogen-bond donors (Lipinski definition) is 2. The smallest absolute Gasteiger partial charge is 0.197 e. The van der Waals surface area contributed by atoms with Crippen molar-refractivity contribution in [2.75, 3.05) is 13.2 Å². The first-order valence-corrected chi connectivity index (χ1v) is 2.96. The summed E-state index contributed by atoms with van der Waals surface area (Å²) in [6.07, 6.45) is 0.0532. The number of nitrogens with two attached hydrogens (primary N) is 2. The highest BCUT2D eigenvalue weighted by Crippen LogP contribution is 2.22. The first-order chi connectivity index (χ1) is 4.13.